The van der Waals surface area contributed by atoms with Gasteiger partial charge in [0.15, 0.2) is 0 Å². The van der Waals surface area contributed by atoms with Gasteiger partial charge in [-0.25, -0.2) is 0 Å². The van der Waals surface area contributed by atoms with Crippen LogP contribution >= 0.6 is 0 Å². The van der Waals surface area contributed by atoms with Gasteiger partial charge in [0.05, 0.1) is 6.10 Å². The Labute approximate surface area is 118 Å². The van der Waals surface area contributed by atoms with Gasteiger partial charge < -0.3 is 10.4 Å². The maximum atomic E-state index is 10.2. The molecule has 2 nitrogen and oxygen atoms in total. The minimum atomic E-state index is -0.318. The van der Waals surface area contributed by atoms with Crippen LogP contribution in [0.2, 0.25) is 0 Å². The lowest BCUT2D eigenvalue weighted by Crippen LogP contribution is -2.33. The maximum Gasteiger partial charge on any atom is 0.0705 e. The zero-order valence-corrected chi connectivity index (χ0v) is 13.5. The number of aliphatic hydroxyl groups excluding tert-OH is 1. The first-order valence-corrected chi connectivity index (χ1v) is 7.23. The molecule has 1 rings (SSSR count). The van der Waals surface area contributed by atoms with E-state index in [1.165, 1.54) is 33.4 Å². The van der Waals surface area contributed by atoms with Crippen molar-refractivity contribution in [3.63, 3.8) is 0 Å². The van der Waals surface area contributed by atoms with Crippen molar-refractivity contribution >= 4 is 0 Å². The first-order valence-electron chi connectivity index (χ1n) is 7.23. The molecular formula is C17H29NO. The largest absolute Gasteiger partial charge is 0.391 e. The second-order valence-corrected chi connectivity index (χ2v) is 6.02. The number of benzene rings is 1. The predicted molar refractivity (Wildman–Crippen MR) is 83.0 cm³/mol. The Balaban J connectivity index is 2.95. The highest BCUT2D eigenvalue weighted by atomic mass is 16.3. The molecule has 0 radical (unpaired) electrons. The van der Waals surface area contributed by atoms with E-state index in [-0.39, 0.29) is 6.10 Å². The molecule has 0 aliphatic heterocycles. The summed E-state index contributed by atoms with van der Waals surface area (Å²) in [6.45, 7) is 15.7. The lowest BCUT2D eigenvalue weighted by atomic mass is 9.87. The van der Waals surface area contributed by atoms with Gasteiger partial charge in [0.25, 0.3) is 0 Å². The number of hydrogen-bond acceptors (Lipinski definition) is 2. The smallest absolute Gasteiger partial charge is 0.0705 e. The molecule has 2 heteroatoms. The fourth-order valence-electron chi connectivity index (χ4n) is 2.56. The SMILES string of the molecule is Cc1c(C)c(C)c(CC(O)CNC(C)C)c(C)c1C. The van der Waals surface area contributed by atoms with Crippen LogP contribution in [0.3, 0.4) is 0 Å². The molecule has 1 atom stereocenters. The fourth-order valence-corrected chi connectivity index (χ4v) is 2.56. The Kier molecular flexibility index (Phi) is 5.57. The van der Waals surface area contributed by atoms with E-state index < -0.39 is 0 Å². The van der Waals surface area contributed by atoms with Crippen LogP contribution in [0.1, 0.15) is 47.2 Å². The molecule has 0 aromatic heterocycles. The molecule has 0 saturated heterocycles. The summed E-state index contributed by atoms with van der Waals surface area (Å²) in [6, 6.07) is 0.415. The van der Waals surface area contributed by atoms with Crippen molar-refractivity contribution < 1.29 is 5.11 Å². The van der Waals surface area contributed by atoms with Gasteiger partial charge in [-0.3, -0.25) is 0 Å². The van der Waals surface area contributed by atoms with E-state index in [1.807, 2.05) is 0 Å². The molecule has 0 spiro atoms. The normalized spacial score (nSPS) is 13.1. The van der Waals surface area contributed by atoms with Gasteiger partial charge in [0.2, 0.25) is 0 Å². The van der Waals surface area contributed by atoms with Gasteiger partial charge in [-0.2, -0.15) is 0 Å². The Bertz CT molecular complexity index is 420. The summed E-state index contributed by atoms with van der Waals surface area (Å²) in [4.78, 5) is 0. The minimum Gasteiger partial charge on any atom is -0.391 e. The van der Waals surface area contributed by atoms with Gasteiger partial charge >= 0.3 is 0 Å². The highest BCUT2D eigenvalue weighted by molar-refractivity contribution is 5.49. The van der Waals surface area contributed by atoms with E-state index in [0.29, 0.717) is 12.6 Å². The third-order valence-electron chi connectivity index (χ3n) is 4.36. The third kappa shape index (κ3) is 3.80. The van der Waals surface area contributed by atoms with Crippen molar-refractivity contribution in [1.82, 2.24) is 5.32 Å². The molecule has 0 aliphatic carbocycles. The molecule has 19 heavy (non-hydrogen) atoms. The van der Waals surface area contributed by atoms with Crippen molar-refractivity contribution in [1.29, 1.82) is 0 Å². The highest BCUT2D eigenvalue weighted by Gasteiger charge is 2.15. The maximum absolute atomic E-state index is 10.2. The molecule has 1 aromatic rings. The second kappa shape index (κ2) is 6.53. The average molecular weight is 263 g/mol. The van der Waals surface area contributed by atoms with E-state index in [9.17, 15) is 5.11 Å². The Hall–Kier alpha value is -0.860. The minimum absolute atomic E-state index is 0.318. The fraction of sp³-hybridized carbons (Fsp3) is 0.647. The summed E-state index contributed by atoms with van der Waals surface area (Å²) < 4.78 is 0. The lowest BCUT2D eigenvalue weighted by molar-refractivity contribution is 0.168. The van der Waals surface area contributed by atoms with E-state index in [1.54, 1.807) is 0 Å². The van der Waals surface area contributed by atoms with Crippen LogP contribution in [0.25, 0.3) is 0 Å². The first kappa shape index (κ1) is 16.2. The first-order chi connectivity index (χ1) is 8.75. The molecule has 0 bridgehead atoms. The van der Waals surface area contributed by atoms with Crippen molar-refractivity contribution in [2.75, 3.05) is 6.54 Å². The zero-order chi connectivity index (χ0) is 14.7. The summed E-state index contributed by atoms with van der Waals surface area (Å²) in [5.41, 5.74) is 8.10. The van der Waals surface area contributed by atoms with Crippen LogP contribution in [-0.4, -0.2) is 23.8 Å². The van der Waals surface area contributed by atoms with Crippen molar-refractivity contribution in [2.24, 2.45) is 0 Å². The Morgan fingerprint density at radius 2 is 1.26 bits per heavy atom. The van der Waals surface area contributed by atoms with Gasteiger partial charge in [0.1, 0.15) is 0 Å². The van der Waals surface area contributed by atoms with Crippen LogP contribution in [-0.2, 0) is 6.42 Å². The van der Waals surface area contributed by atoms with Gasteiger partial charge in [-0.1, -0.05) is 13.8 Å². The lowest BCUT2D eigenvalue weighted by Gasteiger charge is -2.21. The predicted octanol–water partition coefficient (Wildman–Crippen LogP) is 3.13. The zero-order valence-electron chi connectivity index (χ0n) is 13.5. The van der Waals surface area contributed by atoms with Gasteiger partial charge in [-0.15, -0.1) is 0 Å². The second-order valence-electron chi connectivity index (χ2n) is 6.02. The van der Waals surface area contributed by atoms with Crippen LogP contribution in [0.4, 0.5) is 0 Å². The number of aliphatic hydroxyl groups is 1. The van der Waals surface area contributed by atoms with Crippen LogP contribution in [0, 0.1) is 34.6 Å². The summed E-state index contributed by atoms with van der Waals surface area (Å²) in [5.74, 6) is 0. The van der Waals surface area contributed by atoms with Gasteiger partial charge in [0, 0.05) is 19.0 Å². The van der Waals surface area contributed by atoms with E-state index >= 15 is 0 Å². The monoisotopic (exact) mass is 263 g/mol. The Morgan fingerprint density at radius 3 is 1.68 bits per heavy atom. The molecule has 2 N–H and O–H groups in total. The summed E-state index contributed by atoms with van der Waals surface area (Å²) >= 11 is 0. The standard InChI is InChI=1S/C17H29NO/c1-10(2)18-9-16(19)8-17-14(6)12(4)11(3)13(5)15(17)7/h10,16,18-19H,8-9H2,1-7H3. The van der Waals surface area contributed by atoms with E-state index in [0.717, 1.165) is 6.42 Å². The number of hydrogen-bond donors (Lipinski definition) is 2. The molecule has 0 aliphatic rings. The molecule has 0 heterocycles. The molecular weight excluding hydrogens is 234 g/mol. The molecule has 1 unspecified atom stereocenters. The summed E-state index contributed by atoms with van der Waals surface area (Å²) in [6.07, 6.45) is 0.417. The van der Waals surface area contributed by atoms with Crippen LogP contribution in [0.5, 0.6) is 0 Å². The molecule has 1 aromatic carbocycles. The third-order valence-corrected chi connectivity index (χ3v) is 4.36. The molecule has 0 amide bonds. The van der Waals surface area contributed by atoms with E-state index in [4.69, 9.17) is 0 Å². The molecule has 0 saturated carbocycles. The molecule has 108 valence electrons. The van der Waals surface area contributed by atoms with Crippen molar-refractivity contribution in [2.45, 2.75) is 67.0 Å². The van der Waals surface area contributed by atoms with Crippen LogP contribution < -0.4 is 5.32 Å². The average Bonchev–Trinajstić information content (AvgIpc) is 2.36. The number of rotatable bonds is 5. The molecule has 0 fully saturated rings. The summed E-state index contributed by atoms with van der Waals surface area (Å²) in [5, 5.41) is 13.5. The Morgan fingerprint density at radius 1 is 0.842 bits per heavy atom. The topological polar surface area (TPSA) is 32.3 Å². The highest BCUT2D eigenvalue weighted by Crippen LogP contribution is 2.26. The van der Waals surface area contributed by atoms with Crippen molar-refractivity contribution in [3.05, 3.63) is 33.4 Å². The van der Waals surface area contributed by atoms with Gasteiger partial charge in [-0.05, 0) is 68.0 Å². The number of nitrogens with one attached hydrogen (secondary N) is 1. The summed E-state index contributed by atoms with van der Waals surface area (Å²) in [7, 11) is 0. The van der Waals surface area contributed by atoms with Crippen LogP contribution in [0.15, 0.2) is 0 Å². The van der Waals surface area contributed by atoms with E-state index in [2.05, 4.69) is 53.8 Å². The quantitative estimate of drug-likeness (QED) is 0.855. The van der Waals surface area contributed by atoms with Crippen molar-refractivity contribution in [3.8, 4) is 0 Å².